The van der Waals surface area contributed by atoms with Gasteiger partial charge >= 0.3 is 5.97 Å². The number of esters is 1. The number of hydrogen-bond acceptors (Lipinski definition) is 6. The quantitative estimate of drug-likeness (QED) is 0.372. The summed E-state index contributed by atoms with van der Waals surface area (Å²) in [6.07, 6.45) is 11.6. The van der Waals surface area contributed by atoms with Crippen LogP contribution >= 0.6 is 0 Å². The van der Waals surface area contributed by atoms with Crippen LogP contribution in [-0.2, 0) is 15.9 Å². The van der Waals surface area contributed by atoms with Crippen LogP contribution in [0.3, 0.4) is 0 Å². The van der Waals surface area contributed by atoms with Gasteiger partial charge in [-0.05, 0) is 149 Å². The first kappa shape index (κ1) is 29.5. The van der Waals surface area contributed by atoms with Crippen LogP contribution in [0.2, 0.25) is 0 Å². The summed E-state index contributed by atoms with van der Waals surface area (Å²) in [6.45, 7) is 8.91. The average molecular weight is 551 g/mol. The van der Waals surface area contributed by atoms with Gasteiger partial charge in [0.05, 0.1) is 36.5 Å². The molecule has 5 rings (SSSR count). The van der Waals surface area contributed by atoms with E-state index in [2.05, 4.69) is 25.2 Å². The van der Waals surface area contributed by atoms with E-state index < -0.39 is 5.60 Å². The van der Waals surface area contributed by atoms with Gasteiger partial charge in [-0.15, -0.1) is 0 Å². The molecule has 4 fully saturated rings. The molecule has 220 valence electrons. The van der Waals surface area contributed by atoms with Crippen molar-refractivity contribution in [1.82, 2.24) is 5.32 Å². The highest BCUT2D eigenvalue weighted by molar-refractivity contribution is 5.91. The van der Waals surface area contributed by atoms with E-state index in [1.165, 1.54) is 52.1 Å². The van der Waals surface area contributed by atoms with Crippen LogP contribution in [0, 0.1) is 52.3 Å². The molecule has 6 heteroatoms. The van der Waals surface area contributed by atoms with Crippen molar-refractivity contribution in [2.75, 3.05) is 26.9 Å². The van der Waals surface area contributed by atoms with Crippen LogP contribution in [-0.4, -0.2) is 49.6 Å². The van der Waals surface area contributed by atoms with Crippen molar-refractivity contribution >= 4 is 5.97 Å². The molecular formula is C34H50N2O4. The summed E-state index contributed by atoms with van der Waals surface area (Å²) in [7, 11) is 1.40. The molecule has 6 nitrogen and oxygen atoms in total. The summed E-state index contributed by atoms with van der Waals surface area (Å²) in [4.78, 5) is 12.3. The van der Waals surface area contributed by atoms with E-state index in [1.807, 2.05) is 13.0 Å². The van der Waals surface area contributed by atoms with E-state index in [1.54, 1.807) is 12.1 Å². The summed E-state index contributed by atoms with van der Waals surface area (Å²) in [5.41, 5.74) is 1.77. The topological polar surface area (TPSA) is 91.6 Å². The first-order valence-corrected chi connectivity index (χ1v) is 15.9. The van der Waals surface area contributed by atoms with Crippen molar-refractivity contribution in [2.24, 2.45) is 40.9 Å². The van der Waals surface area contributed by atoms with Gasteiger partial charge in [-0.3, -0.25) is 0 Å². The van der Waals surface area contributed by atoms with E-state index in [0.29, 0.717) is 54.1 Å². The third-order valence-corrected chi connectivity index (χ3v) is 11.9. The standard InChI is InChI=1S/C34H50N2O4/c1-5-40-21-34(38)16-13-26-25(19-34)7-9-29-28(26)12-15-33(3)30(10-11-31(29)33)22(2)36-17-14-24-18-23(20-35)6-8-27(24)32(37)39-4/h6,8,18,22,25-26,28-31,36,38H,5,7,9-17,19,21H2,1-4H3/t22-,25-,26+,28-,29-,30-,31+,33-,34-/m1/s1. The molecule has 9 atom stereocenters. The Balaban J connectivity index is 1.20. The Morgan fingerprint density at radius 1 is 1.15 bits per heavy atom. The molecule has 0 spiro atoms. The Bertz CT molecular complexity index is 1100. The zero-order valence-corrected chi connectivity index (χ0v) is 25.1. The number of carbonyl (C=O) groups excluding carboxylic acids is 1. The number of carbonyl (C=O) groups is 1. The van der Waals surface area contributed by atoms with Crippen LogP contribution in [0.15, 0.2) is 18.2 Å². The smallest absolute Gasteiger partial charge is 0.338 e. The minimum atomic E-state index is -0.611. The fourth-order valence-corrected chi connectivity index (χ4v) is 10.0. The predicted molar refractivity (Wildman–Crippen MR) is 156 cm³/mol. The zero-order valence-electron chi connectivity index (χ0n) is 25.1. The fraction of sp³-hybridized carbons (Fsp3) is 0.765. The van der Waals surface area contributed by atoms with Crippen molar-refractivity contribution in [1.29, 1.82) is 5.26 Å². The number of rotatable bonds is 9. The molecule has 4 aliphatic carbocycles. The lowest BCUT2D eigenvalue weighted by Gasteiger charge is -2.57. The van der Waals surface area contributed by atoms with Gasteiger partial charge in [0.1, 0.15) is 0 Å². The maximum Gasteiger partial charge on any atom is 0.338 e. The molecular weight excluding hydrogens is 500 g/mol. The highest BCUT2D eigenvalue weighted by Crippen LogP contribution is 2.65. The highest BCUT2D eigenvalue weighted by Gasteiger charge is 2.58. The Labute approximate surface area is 241 Å². The first-order chi connectivity index (χ1) is 19.2. The summed E-state index contributed by atoms with van der Waals surface area (Å²) < 4.78 is 10.6. The van der Waals surface area contributed by atoms with Gasteiger partial charge in [-0.2, -0.15) is 5.26 Å². The number of nitrogens with one attached hydrogen (secondary N) is 1. The average Bonchev–Trinajstić information content (AvgIpc) is 3.32. The maximum absolute atomic E-state index is 12.3. The molecule has 2 N–H and O–H groups in total. The molecule has 1 aromatic carbocycles. The van der Waals surface area contributed by atoms with Crippen LogP contribution in [0.5, 0.6) is 0 Å². The Morgan fingerprint density at radius 2 is 1.95 bits per heavy atom. The number of nitrogens with zero attached hydrogens (tertiary/aromatic N) is 1. The van der Waals surface area contributed by atoms with E-state index in [-0.39, 0.29) is 5.97 Å². The van der Waals surface area contributed by atoms with Crippen LogP contribution in [0.25, 0.3) is 0 Å². The summed E-state index contributed by atoms with van der Waals surface area (Å²) in [5.74, 6) is 4.24. The molecule has 40 heavy (non-hydrogen) atoms. The summed E-state index contributed by atoms with van der Waals surface area (Å²) in [5, 5.41) is 24.3. The van der Waals surface area contributed by atoms with Crippen LogP contribution < -0.4 is 5.32 Å². The number of methoxy groups -OCH3 is 1. The molecule has 4 saturated carbocycles. The van der Waals surface area contributed by atoms with Crippen molar-refractivity contribution in [2.45, 2.75) is 96.6 Å². The lowest BCUT2D eigenvalue weighted by molar-refractivity contribution is -0.128. The molecule has 0 bridgehead atoms. The lowest BCUT2D eigenvalue weighted by Crippen LogP contribution is -2.53. The lowest BCUT2D eigenvalue weighted by atomic mass is 9.48. The summed E-state index contributed by atoms with van der Waals surface area (Å²) in [6, 6.07) is 7.82. The van der Waals surface area contributed by atoms with Gasteiger partial charge in [-0.25, -0.2) is 4.79 Å². The number of hydrogen-bond donors (Lipinski definition) is 2. The van der Waals surface area contributed by atoms with Crippen molar-refractivity contribution < 1.29 is 19.4 Å². The monoisotopic (exact) mass is 550 g/mol. The van der Waals surface area contributed by atoms with E-state index in [4.69, 9.17) is 9.47 Å². The highest BCUT2D eigenvalue weighted by atomic mass is 16.5. The van der Waals surface area contributed by atoms with Gasteiger partial charge < -0.3 is 19.9 Å². The Morgan fingerprint density at radius 3 is 2.70 bits per heavy atom. The van der Waals surface area contributed by atoms with Gasteiger partial charge in [0, 0.05) is 12.6 Å². The number of fused-ring (bicyclic) bond motifs is 5. The van der Waals surface area contributed by atoms with E-state index in [9.17, 15) is 15.2 Å². The summed E-state index contributed by atoms with van der Waals surface area (Å²) >= 11 is 0. The molecule has 0 radical (unpaired) electrons. The van der Waals surface area contributed by atoms with Crippen LogP contribution in [0.4, 0.5) is 0 Å². The molecule has 0 aromatic heterocycles. The van der Waals surface area contributed by atoms with Crippen molar-refractivity contribution in [3.8, 4) is 6.07 Å². The Kier molecular flexibility index (Phi) is 8.95. The van der Waals surface area contributed by atoms with Gasteiger partial charge in [-0.1, -0.05) is 6.92 Å². The van der Waals surface area contributed by atoms with Crippen molar-refractivity contribution in [3.05, 3.63) is 34.9 Å². The van der Waals surface area contributed by atoms with Gasteiger partial charge in [0.15, 0.2) is 0 Å². The minimum absolute atomic E-state index is 0.345. The van der Waals surface area contributed by atoms with Gasteiger partial charge in [0.2, 0.25) is 0 Å². The molecule has 0 amide bonds. The second kappa shape index (κ2) is 12.1. The number of aliphatic hydroxyl groups is 1. The predicted octanol–water partition coefficient (Wildman–Crippen LogP) is 5.90. The SMILES string of the molecule is CCOC[C@@]1(O)CC[C@H]2[C@H](CC[C@@H]3[C@@H]2CC[C@]2(C)[C@@H]([C@@H](C)NCCc4cc(C#N)ccc4C(=O)OC)CC[C@@H]32)C1. The molecule has 0 saturated heterocycles. The normalized spacial score (nSPS) is 37.5. The maximum atomic E-state index is 12.3. The minimum Gasteiger partial charge on any atom is -0.465 e. The van der Waals surface area contributed by atoms with E-state index >= 15 is 0 Å². The van der Waals surface area contributed by atoms with Gasteiger partial charge in [0.25, 0.3) is 0 Å². The fourth-order valence-electron chi connectivity index (χ4n) is 10.0. The third kappa shape index (κ3) is 5.59. The van der Waals surface area contributed by atoms with Crippen molar-refractivity contribution in [3.63, 3.8) is 0 Å². The first-order valence-electron chi connectivity index (χ1n) is 15.9. The number of benzene rings is 1. The zero-order chi connectivity index (χ0) is 28.5. The molecule has 0 unspecified atom stereocenters. The third-order valence-electron chi connectivity index (χ3n) is 11.9. The molecule has 1 aromatic rings. The van der Waals surface area contributed by atoms with E-state index in [0.717, 1.165) is 48.6 Å². The number of nitriles is 1. The molecule has 0 aliphatic heterocycles. The number of ether oxygens (including phenoxy) is 2. The largest absolute Gasteiger partial charge is 0.465 e. The molecule has 0 heterocycles. The second-order valence-electron chi connectivity index (χ2n) is 13.7. The van der Waals surface area contributed by atoms with Crippen LogP contribution in [0.1, 0.15) is 100 Å². The Hall–Kier alpha value is -1.94. The second-order valence-corrected chi connectivity index (χ2v) is 13.7. The molecule has 4 aliphatic rings.